The quantitative estimate of drug-likeness (QED) is 0.864. The average Bonchev–Trinajstić information content (AvgIpc) is 2.44. The maximum atomic E-state index is 13.0. The number of hydrogen-bond donors (Lipinski definition) is 1. The molecule has 1 amide bonds. The molecule has 110 valence electrons. The Labute approximate surface area is 128 Å². The molecule has 1 N–H and O–H groups in total. The van der Waals surface area contributed by atoms with Crippen LogP contribution in [-0.4, -0.2) is 5.91 Å². The maximum Gasteiger partial charge on any atom is 0.290 e. The molecule has 0 atom stereocenters. The van der Waals surface area contributed by atoms with Gasteiger partial charge in [-0.1, -0.05) is 18.5 Å². The second-order valence-electron chi connectivity index (χ2n) is 4.83. The molecule has 0 unspecified atom stereocenters. The lowest BCUT2D eigenvalue weighted by Crippen LogP contribution is -2.43. The van der Waals surface area contributed by atoms with Crippen molar-refractivity contribution in [3.63, 3.8) is 0 Å². The zero-order chi connectivity index (χ0) is 15.4. The van der Waals surface area contributed by atoms with Gasteiger partial charge in [0.25, 0.3) is 5.91 Å². The van der Waals surface area contributed by atoms with E-state index in [9.17, 15) is 9.18 Å². The molecule has 3 nitrogen and oxygen atoms in total. The summed E-state index contributed by atoms with van der Waals surface area (Å²) < 4.78 is 14.8. The molecular weight excluding hydrogens is 291 g/mol. The number of pyridine rings is 1. The highest BCUT2D eigenvalue weighted by atomic mass is 35.5. The highest BCUT2D eigenvalue weighted by Crippen LogP contribution is 2.22. The number of hydrogen-bond acceptors (Lipinski definition) is 1. The number of halogens is 2. The SMILES string of the molecule is CCc1ccc(C)[n+](CC(=O)Nc2ccc(F)cc2Cl)c1. The predicted octanol–water partition coefficient (Wildman–Crippen LogP) is 3.28. The molecule has 0 saturated heterocycles. The molecule has 0 spiro atoms. The van der Waals surface area contributed by atoms with Crippen molar-refractivity contribution < 1.29 is 13.8 Å². The lowest BCUT2D eigenvalue weighted by molar-refractivity contribution is -0.690. The van der Waals surface area contributed by atoms with Crippen LogP contribution >= 0.6 is 11.6 Å². The molecule has 5 heteroatoms. The first-order chi connectivity index (χ1) is 9.99. The van der Waals surface area contributed by atoms with Crippen LogP contribution in [0.1, 0.15) is 18.2 Å². The number of aromatic nitrogens is 1. The fourth-order valence-electron chi connectivity index (χ4n) is 1.98. The minimum atomic E-state index is -0.432. The minimum absolute atomic E-state index is 0.187. The Morgan fingerprint density at radius 3 is 2.76 bits per heavy atom. The van der Waals surface area contributed by atoms with Crippen LogP contribution < -0.4 is 9.88 Å². The van der Waals surface area contributed by atoms with E-state index in [-0.39, 0.29) is 17.5 Å². The van der Waals surface area contributed by atoms with Crippen LogP contribution in [0.25, 0.3) is 0 Å². The summed E-state index contributed by atoms with van der Waals surface area (Å²) in [5.74, 6) is -0.635. The number of anilines is 1. The number of carbonyl (C=O) groups excluding carboxylic acids is 1. The fourth-order valence-corrected chi connectivity index (χ4v) is 2.20. The number of aryl methyl sites for hydroxylation is 2. The van der Waals surface area contributed by atoms with Gasteiger partial charge >= 0.3 is 0 Å². The van der Waals surface area contributed by atoms with Crippen LogP contribution in [0.2, 0.25) is 5.02 Å². The van der Waals surface area contributed by atoms with Crippen LogP contribution in [0.15, 0.2) is 36.5 Å². The molecule has 0 aliphatic carbocycles. The van der Waals surface area contributed by atoms with Crippen LogP contribution in [0.4, 0.5) is 10.1 Å². The Morgan fingerprint density at radius 1 is 1.33 bits per heavy atom. The molecule has 0 aliphatic rings. The highest BCUT2D eigenvalue weighted by Gasteiger charge is 2.14. The summed E-state index contributed by atoms with van der Waals surface area (Å²) in [4.78, 5) is 12.1. The lowest BCUT2D eigenvalue weighted by Gasteiger charge is -2.07. The van der Waals surface area contributed by atoms with Crippen molar-refractivity contribution in [2.75, 3.05) is 5.32 Å². The van der Waals surface area contributed by atoms with Crippen molar-refractivity contribution >= 4 is 23.2 Å². The van der Waals surface area contributed by atoms with Crippen molar-refractivity contribution in [1.82, 2.24) is 0 Å². The van der Waals surface area contributed by atoms with E-state index in [4.69, 9.17) is 11.6 Å². The zero-order valence-corrected chi connectivity index (χ0v) is 12.7. The second kappa shape index (κ2) is 6.68. The summed E-state index contributed by atoms with van der Waals surface area (Å²) in [5.41, 5.74) is 2.56. The molecule has 2 aromatic rings. The third kappa shape index (κ3) is 4.02. The summed E-state index contributed by atoms with van der Waals surface area (Å²) >= 11 is 5.89. The number of nitrogens with one attached hydrogen (secondary N) is 1. The van der Waals surface area contributed by atoms with E-state index in [0.717, 1.165) is 17.7 Å². The van der Waals surface area contributed by atoms with Gasteiger partial charge in [0.15, 0.2) is 11.9 Å². The van der Waals surface area contributed by atoms with Gasteiger partial charge in [-0.2, -0.15) is 4.57 Å². The molecule has 0 bridgehead atoms. The summed E-state index contributed by atoms with van der Waals surface area (Å²) in [5, 5.41) is 2.88. The molecule has 1 aromatic heterocycles. The fraction of sp³-hybridized carbons (Fsp3) is 0.250. The Morgan fingerprint density at radius 2 is 2.10 bits per heavy atom. The van der Waals surface area contributed by atoms with Gasteiger partial charge in [0, 0.05) is 18.6 Å². The van der Waals surface area contributed by atoms with E-state index in [0.29, 0.717) is 5.69 Å². The van der Waals surface area contributed by atoms with Gasteiger partial charge in [-0.3, -0.25) is 4.79 Å². The lowest BCUT2D eigenvalue weighted by atomic mass is 10.2. The normalized spacial score (nSPS) is 10.5. The van der Waals surface area contributed by atoms with E-state index in [2.05, 4.69) is 12.2 Å². The Balaban J connectivity index is 2.11. The molecule has 1 heterocycles. The van der Waals surface area contributed by atoms with Crippen molar-refractivity contribution in [1.29, 1.82) is 0 Å². The van der Waals surface area contributed by atoms with Crippen LogP contribution in [-0.2, 0) is 17.8 Å². The number of benzene rings is 1. The van der Waals surface area contributed by atoms with E-state index in [1.807, 2.05) is 29.8 Å². The van der Waals surface area contributed by atoms with E-state index >= 15 is 0 Å². The maximum absolute atomic E-state index is 13.0. The monoisotopic (exact) mass is 307 g/mol. The minimum Gasteiger partial charge on any atom is -0.319 e. The van der Waals surface area contributed by atoms with Gasteiger partial charge in [0.1, 0.15) is 5.82 Å². The first-order valence-electron chi connectivity index (χ1n) is 6.73. The van der Waals surface area contributed by atoms with Gasteiger partial charge in [-0.15, -0.1) is 0 Å². The van der Waals surface area contributed by atoms with Gasteiger partial charge in [0.2, 0.25) is 6.54 Å². The molecule has 0 saturated carbocycles. The van der Waals surface area contributed by atoms with Crippen LogP contribution in [0.5, 0.6) is 0 Å². The van der Waals surface area contributed by atoms with Crippen LogP contribution in [0, 0.1) is 12.7 Å². The van der Waals surface area contributed by atoms with E-state index in [1.54, 1.807) is 0 Å². The van der Waals surface area contributed by atoms with Crippen molar-refractivity contribution in [2.24, 2.45) is 0 Å². The molecule has 1 aromatic carbocycles. The van der Waals surface area contributed by atoms with Crippen molar-refractivity contribution in [2.45, 2.75) is 26.8 Å². The van der Waals surface area contributed by atoms with Crippen molar-refractivity contribution in [3.05, 3.63) is 58.6 Å². The number of carbonyl (C=O) groups is 1. The van der Waals surface area contributed by atoms with Gasteiger partial charge < -0.3 is 5.32 Å². The Hall–Kier alpha value is -1.94. The Kier molecular flexibility index (Phi) is 4.91. The van der Waals surface area contributed by atoms with E-state index < -0.39 is 5.82 Å². The molecule has 0 aliphatic heterocycles. The standard InChI is InChI=1S/C16H16ClFN2O/c1-3-12-5-4-11(2)20(9-12)10-16(21)19-15-7-6-13(18)8-14(15)17/h4-9H,3,10H2,1-2H3/p+1. The predicted molar refractivity (Wildman–Crippen MR) is 80.8 cm³/mol. The topological polar surface area (TPSA) is 33.0 Å². The largest absolute Gasteiger partial charge is 0.319 e. The van der Waals surface area contributed by atoms with E-state index in [1.165, 1.54) is 18.2 Å². The summed E-state index contributed by atoms with van der Waals surface area (Å²) in [6, 6.07) is 7.91. The third-order valence-electron chi connectivity index (χ3n) is 3.24. The summed E-state index contributed by atoms with van der Waals surface area (Å²) in [6.45, 7) is 4.19. The highest BCUT2D eigenvalue weighted by molar-refractivity contribution is 6.33. The zero-order valence-electron chi connectivity index (χ0n) is 12.0. The van der Waals surface area contributed by atoms with Gasteiger partial charge in [0.05, 0.1) is 10.7 Å². The molecule has 0 radical (unpaired) electrons. The number of nitrogens with zero attached hydrogens (tertiary/aromatic N) is 1. The Bertz CT molecular complexity index is 673. The molecule has 2 rings (SSSR count). The summed E-state index contributed by atoms with van der Waals surface area (Å²) in [6.07, 6.45) is 2.87. The first-order valence-corrected chi connectivity index (χ1v) is 7.11. The van der Waals surface area contributed by atoms with Crippen LogP contribution in [0.3, 0.4) is 0 Å². The number of amides is 1. The second-order valence-corrected chi connectivity index (χ2v) is 5.24. The van der Waals surface area contributed by atoms with Crippen molar-refractivity contribution in [3.8, 4) is 0 Å². The number of rotatable bonds is 4. The third-order valence-corrected chi connectivity index (χ3v) is 3.55. The molecule has 21 heavy (non-hydrogen) atoms. The summed E-state index contributed by atoms with van der Waals surface area (Å²) in [7, 11) is 0. The van der Waals surface area contributed by atoms with Gasteiger partial charge in [-0.25, -0.2) is 4.39 Å². The average molecular weight is 308 g/mol. The smallest absolute Gasteiger partial charge is 0.290 e. The molecule has 0 fully saturated rings. The molecular formula is C16H17ClFN2O+. The first kappa shape index (κ1) is 15.4. The van der Waals surface area contributed by atoms with Gasteiger partial charge in [-0.05, 0) is 30.7 Å².